The van der Waals surface area contributed by atoms with Gasteiger partial charge >= 0.3 is 12.2 Å². The summed E-state index contributed by atoms with van der Waals surface area (Å²) < 4.78 is 17.7. The summed E-state index contributed by atoms with van der Waals surface area (Å²) in [7, 11) is -2.03. The number of carbonyl (C=O) groups excluding carboxylic acids is 2. The van der Waals surface area contributed by atoms with E-state index >= 15 is 0 Å². The van der Waals surface area contributed by atoms with E-state index in [9.17, 15) is 9.59 Å². The van der Waals surface area contributed by atoms with Gasteiger partial charge in [-0.15, -0.1) is 0 Å². The summed E-state index contributed by atoms with van der Waals surface area (Å²) in [5, 5.41) is 2.99. The Morgan fingerprint density at radius 2 is 1.71 bits per heavy atom. The fraction of sp³-hybridized carbons (Fsp3) is 0.692. The molecule has 1 heterocycles. The Bertz CT molecular complexity index is 817. The number of rotatable bonds is 6. The van der Waals surface area contributed by atoms with Gasteiger partial charge in [-0.1, -0.05) is 51.1 Å². The third-order valence-electron chi connectivity index (χ3n) is 6.62. The van der Waals surface area contributed by atoms with Crippen LogP contribution in [0.15, 0.2) is 30.3 Å². The molecule has 2 rings (SSSR count). The van der Waals surface area contributed by atoms with Crippen molar-refractivity contribution in [3.05, 3.63) is 35.9 Å². The summed E-state index contributed by atoms with van der Waals surface area (Å²) in [4.78, 5) is 27.3. The zero-order chi connectivity index (χ0) is 25.7. The molecule has 1 aromatic carbocycles. The quantitative estimate of drug-likeness (QED) is 0.486. The van der Waals surface area contributed by atoms with Gasteiger partial charge in [0.15, 0.2) is 8.32 Å². The van der Waals surface area contributed by atoms with Crippen molar-refractivity contribution in [3.63, 3.8) is 0 Å². The number of carbonyl (C=O) groups is 2. The molecule has 1 aromatic rings. The molecule has 1 aliphatic heterocycles. The van der Waals surface area contributed by atoms with Gasteiger partial charge in [-0.2, -0.15) is 0 Å². The largest absolute Gasteiger partial charge is 0.445 e. The molecule has 8 heteroatoms. The third kappa shape index (κ3) is 8.31. The number of alkyl carbamates (subject to hydrolysis) is 1. The fourth-order valence-electron chi connectivity index (χ4n) is 3.80. The van der Waals surface area contributed by atoms with Crippen LogP contribution in [-0.4, -0.2) is 55.7 Å². The minimum Gasteiger partial charge on any atom is -0.445 e. The van der Waals surface area contributed by atoms with E-state index in [0.717, 1.165) is 12.0 Å². The first-order valence-electron chi connectivity index (χ1n) is 12.2. The van der Waals surface area contributed by atoms with Gasteiger partial charge in [0, 0.05) is 12.6 Å². The lowest BCUT2D eigenvalue weighted by atomic mass is 9.95. The van der Waals surface area contributed by atoms with Crippen LogP contribution in [0.5, 0.6) is 0 Å². The van der Waals surface area contributed by atoms with Crippen molar-refractivity contribution < 1.29 is 23.5 Å². The number of nitrogens with one attached hydrogen (secondary N) is 1. The Kier molecular flexibility index (Phi) is 9.21. The molecule has 0 spiro atoms. The highest BCUT2D eigenvalue weighted by atomic mass is 28.4. The number of ether oxygens (including phenoxy) is 2. The molecule has 3 atom stereocenters. The number of nitrogens with zero attached hydrogens (tertiary/aromatic N) is 1. The van der Waals surface area contributed by atoms with E-state index in [0.29, 0.717) is 13.0 Å². The monoisotopic (exact) mass is 492 g/mol. The fourth-order valence-corrected chi connectivity index (χ4v) is 5.24. The Morgan fingerprint density at radius 3 is 2.26 bits per heavy atom. The SMILES string of the molecule is C[C@H](O[Si](C)(C)C(C)(C)C)[C@H]1CC[C@@H](NC(=O)OC(C)(C)C)CN1C(=O)OCc1ccccc1. The molecule has 1 fully saturated rings. The highest BCUT2D eigenvalue weighted by molar-refractivity contribution is 6.74. The number of hydrogen-bond acceptors (Lipinski definition) is 5. The number of amides is 2. The molecule has 0 saturated carbocycles. The Hall–Kier alpha value is -2.06. The lowest BCUT2D eigenvalue weighted by Crippen LogP contribution is -2.59. The molecule has 34 heavy (non-hydrogen) atoms. The number of piperidine rings is 1. The molecule has 0 aliphatic carbocycles. The Labute approximate surface area is 206 Å². The van der Waals surface area contributed by atoms with Crippen molar-refractivity contribution in [1.29, 1.82) is 0 Å². The molecular weight excluding hydrogens is 448 g/mol. The van der Waals surface area contributed by atoms with Crippen LogP contribution in [0.1, 0.15) is 66.9 Å². The predicted octanol–water partition coefficient (Wildman–Crippen LogP) is 6.09. The maximum absolute atomic E-state index is 13.2. The van der Waals surface area contributed by atoms with Crippen molar-refractivity contribution >= 4 is 20.5 Å². The van der Waals surface area contributed by atoms with Crippen molar-refractivity contribution in [2.24, 2.45) is 0 Å². The van der Waals surface area contributed by atoms with Crippen LogP contribution >= 0.6 is 0 Å². The van der Waals surface area contributed by atoms with Crippen molar-refractivity contribution in [3.8, 4) is 0 Å². The van der Waals surface area contributed by atoms with Gasteiger partial charge < -0.3 is 24.1 Å². The van der Waals surface area contributed by atoms with E-state index in [4.69, 9.17) is 13.9 Å². The Balaban J connectivity index is 2.14. The molecule has 0 aromatic heterocycles. The van der Waals surface area contributed by atoms with Gasteiger partial charge in [0.1, 0.15) is 12.2 Å². The molecular formula is C26H44N2O5Si. The summed E-state index contributed by atoms with van der Waals surface area (Å²) in [6.07, 6.45) is 0.427. The summed E-state index contributed by atoms with van der Waals surface area (Å²) in [5.41, 5.74) is 0.347. The topological polar surface area (TPSA) is 77.1 Å². The lowest BCUT2D eigenvalue weighted by molar-refractivity contribution is 0.0128. The normalized spacial score (nSPS) is 20.4. The van der Waals surface area contributed by atoms with Gasteiger partial charge in [-0.05, 0) is 64.2 Å². The first-order valence-corrected chi connectivity index (χ1v) is 15.1. The molecule has 2 amide bonds. The van der Waals surface area contributed by atoms with Crippen molar-refractivity contribution in [2.75, 3.05) is 6.54 Å². The van der Waals surface area contributed by atoms with E-state index in [2.05, 4.69) is 39.2 Å². The summed E-state index contributed by atoms with van der Waals surface area (Å²) >= 11 is 0. The van der Waals surface area contributed by atoms with E-state index in [-0.39, 0.29) is 29.8 Å². The van der Waals surface area contributed by atoms with Crippen LogP contribution in [-0.2, 0) is 20.5 Å². The van der Waals surface area contributed by atoms with E-state index in [1.807, 2.05) is 58.0 Å². The van der Waals surface area contributed by atoms with Crippen LogP contribution < -0.4 is 5.32 Å². The van der Waals surface area contributed by atoms with Crippen LogP contribution in [0.2, 0.25) is 18.1 Å². The Morgan fingerprint density at radius 1 is 1.09 bits per heavy atom. The van der Waals surface area contributed by atoms with Gasteiger partial charge in [0.05, 0.1) is 12.1 Å². The van der Waals surface area contributed by atoms with Crippen molar-refractivity contribution in [2.45, 2.75) is 110 Å². The zero-order valence-corrected chi connectivity index (χ0v) is 23.4. The zero-order valence-electron chi connectivity index (χ0n) is 22.4. The average molecular weight is 493 g/mol. The van der Waals surface area contributed by atoms with Crippen molar-refractivity contribution in [1.82, 2.24) is 10.2 Å². The first kappa shape index (κ1) is 28.2. The maximum Gasteiger partial charge on any atom is 0.410 e. The predicted molar refractivity (Wildman–Crippen MR) is 137 cm³/mol. The van der Waals surface area contributed by atoms with Gasteiger partial charge in [0.2, 0.25) is 0 Å². The smallest absolute Gasteiger partial charge is 0.410 e. The molecule has 7 nitrogen and oxygen atoms in total. The second-order valence-corrected chi connectivity index (χ2v) is 16.5. The number of benzene rings is 1. The maximum atomic E-state index is 13.2. The molecule has 192 valence electrons. The molecule has 1 aliphatic rings. The standard InChI is InChI=1S/C26H44N2O5Si/c1-19(33-34(8,9)26(5,6)7)22-16-15-21(27-23(29)32-25(2,3)4)17-28(22)24(30)31-18-20-13-11-10-12-14-20/h10-14,19,21-22H,15-18H2,1-9H3,(H,27,29)/t19-,21+,22+/m0/s1. The molecule has 0 unspecified atom stereocenters. The number of likely N-dealkylation sites (tertiary alicyclic amines) is 1. The lowest BCUT2D eigenvalue weighted by Gasteiger charge is -2.45. The molecule has 1 N–H and O–H groups in total. The van der Waals surface area contributed by atoms with E-state index < -0.39 is 26.1 Å². The number of hydrogen-bond donors (Lipinski definition) is 1. The summed E-state index contributed by atoms with van der Waals surface area (Å²) in [6.45, 7) is 19.1. The van der Waals surface area contributed by atoms with Gasteiger partial charge in [0.25, 0.3) is 0 Å². The van der Waals surface area contributed by atoms with E-state index in [1.165, 1.54) is 0 Å². The first-order chi connectivity index (χ1) is 15.6. The average Bonchev–Trinajstić information content (AvgIpc) is 2.70. The van der Waals surface area contributed by atoms with E-state index in [1.54, 1.807) is 4.90 Å². The van der Waals surface area contributed by atoms with Crippen LogP contribution in [0.25, 0.3) is 0 Å². The molecule has 0 bridgehead atoms. The highest BCUT2D eigenvalue weighted by Crippen LogP contribution is 2.38. The van der Waals surface area contributed by atoms with Crippen LogP contribution in [0, 0.1) is 0 Å². The highest BCUT2D eigenvalue weighted by Gasteiger charge is 2.43. The molecule has 0 radical (unpaired) electrons. The summed E-state index contributed by atoms with van der Waals surface area (Å²) in [6, 6.07) is 9.28. The minimum atomic E-state index is -2.03. The summed E-state index contributed by atoms with van der Waals surface area (Å²) in [5.74, 6) is 0. The third-order valence-corrected chi connectivity index (χ3v) is 11.2. The van der Waals surface area contributed by atoms with Gasteiger partial charge in [-0.25, -0.2) is 9.59 Å². The van der Waals surface area contributed by atoms with Crippen LogP contribution in [0.3, 0.4) is 0 Å². The molecule has 1 saturated heterocycles. The van der Waals surface area contributed by atoms with Gasteiger partial charge in [-0.3, -0.25) is 0 Å². The van der Waals surface area contributed by atoms with Crippen LogP contribution in [0.4, 0.5) is 9.59 Å². The minimum absolute atomic E-state index is 0.0649. The second-order valence-electron chi connectivity index (χ2n) is 11.8. The second kappa shape index (κ2) is 11.1.